The third-order valence-electron chi connectivity index (χ3n) is 3.78. The molecule has 1 atom stereocenters. The van der Waals surface area contributed by atoms with Crippen molar-refractivity contribution in [1.29, 1.82) is 0 Å². The van der Waals surface area contributed by atoms with E-state index in [0.717, 1.165) is 4.90 Å². The molecular weight excluding hydrogens is 338 g/mol. The predicted molar refractivity (Wildman–Crippen MR) is 94.0 cm³/mol. The molecular formula is C19H17NO4S. The highest BCUT2D eigenvalue weighted by Gasteiger charge is 2.40. The fourth-order valence-corrected chi connectivity index (χ4v) is 3.51. The zero-order valence-electron chi connectivity index (χ0n) is 13.8. The van der Waals surface area contributed by atoms with Crippen molar-refractivity contribution in [1.82, 2.24) is 5.06 Å². The molecule has 3 rings (SSSR count). The fourth-order valence-electron chi connectivity index (χ4n) is 2.49. The van der Waals surface area contributed by atoms with Gasteiger partial charge in [0.2, 0.25) is 0 Å². The summed E-state index contributed by atoms with van der Waals surface area (Å²) in [6.07, 6.45) is 0. The Hall–Kier alpha value is -2.60. The van der Waals surface area contributed by atoms with Gasteiger partial charge in [0.05, 0.1) is 11.1 Å². The summed E-state index contributed by atoms with van der Waals surface area (Å²) in [5.41, 5.74) is 0.495. The second-order valence-electron chi connectivity index (χ2n) is 5.96. The lowest BCUT2D eigenvalue weighted by Crippen LogP contribution is -2.37. The molecule has 2 aromatic carbocycles. The quantitative estimate of drug-likeness (QED) is 0.606. The summed E-state index contributed by atoms with van der Waals surface area (Å²) in [5.74, 6) is -1.87. The molecule has 0 saturated heterocycles. The maximum atomic E-state index is 12.6. The number of carbonyl (C=O) groups excluding carboxylic acids is 3. The average molecular weight is 355 g/mol. The highest BCUT2D eigenvalue weighted by molar-refractivity contribution is 8.00. The topological polar surface area (TPSA) is 63.7 Å². The lowest BCUT2D eigenvalue weighted by atomic mass is 10.1. The number of benzene rings is 2. The number of rotatable bonds is 5. The number of thioether (sulfide) groups is 1. The summed E-state index contributed by atoms with van der Waals surface area (Å²) in [5, 5.41) is 0.0280. The number of hydroxylamine groups is 2. The highest BCUT2D eigenvalue weighted by atomic mass is 32.2. The first-order chi connectivity index (χ1) is 12.0. The number of amides is 2. The molecule has 0 aromatic heterocycles. The van der Waals surface area contributed by atoms with E-state index in [1.54, 1.807) is 24.3 Å². The lowest BCUT2D eigenvalue weighted by Gasteiger charge is -2.21. The van der Waals surface area contributed by atoms with Gasteiger partial charge < -0.3 is 4.84 Å². The summed E-state index contributed by atoms with van der Waals surface area (Å²) in [7, 11) is 0. The summed E-state index contributed by atoms with van der Waals surface area (Å²) in [6.45, 7) is 3.79. The van der Waals surface area contributed by atoms with Gasteiger partial charge in [-0.05, 0) is 30.2 Å². The van der Waals surface area contributed by atoms with E-state index in [2.05, 4.69) is 0 Å². The van der Waals surface area contributed by atoms with Crippen molar-refractivity contribution in [2.45, 2.75) is 24.0 Å². The molecule has 0 bridgehead atoms. The molecule has 1 aliphatic rings. The van der Waals surface area contributed by atoms with Crippen LogP contribution in [-0.2, 0) is 9.63 Å². The number of imide groups is 1. The van der Waals surface area contributed by atoms with Crippen LogP contribution in [0.15, 0.2) is 59.5 Å². The van der Waals surface area contributed by atoms with E-state index in [1.807, 2.05) is 44.2 Å². The Morgan fingerprint density at radius 3 is 1.96 bits per heavy atom. The minimum absolute atomic E-state index is 0.0344. The number of nitrogens with zero attached hydrogens (tertiary/aromatic N) is 1. The number of hydrogen-bond acceptors (Lipinski definition) is 5. The van der Waals surface area contributed by atoms with Crippen molar-refractivity contribution in [3.63, 3.8) is 0 Å². The minimum Gasteiger partial charge on any atom is -0.328 e. The van der Waals surface area contributed by atoms with Crippen LogP contribution in [0, 0.1) is 5.92 Å². The van der Waals surface area contributed by atoms with E-state index in [0.29, 0.717) is 5.06 Å². The van der Waals surface area contributed by atoms with Crippen LogP contribution >= 0.6 is 11.8 Å². The van der Waals surface area contributed by atoms with Crippen molar-refractivity contribution in [3.05, 3.63) is 65.7 Å². The van der Waals surface area contributed by atoms with Crippen LogP contribution in [0.3, 0.4) is 0 Å². The van der Waals surface area contributed by atoms with Crippen LogP contribution in [0.2, 0.25) is 0 Å². The molecule has 1 unspecified atom stereocenters. The van der Waals surface area contributed by atoms with Crippen molar-refractivity contribution in [2.75, 3.05) is 0 Å². The van der Waals surface area contributed by atoms with Crippen LogP contribution in [0.5, 0.6) is 0 Å². The van der Waals surface area contributed by atoms with Crippen molar-refractivity contribution < 1.29 is 19.2 Å². The predicted octanol–water partition coefficient (Wildman–Crippen LogP) is 3.56. The lowest BCUT2D eigenvalue weighted by molar-refractivity contribution is -0.168. The monoisotopic (exact) mass is 355 g/mol. The molecule has 2 amide bonds. The smallest absolute Gasteiger partial charge is 0.328 e. The van der Waals surface area contributed by atoms with Gasteiger partial charge in [0.25, 0.3) is 11.8 Å². The van der Waals surface area contributed by atoms with Crippen molar-refractivity contribution in [2.24, 2.45) is 5.92 Å². The molecule has 25 heavy (non-hydrogen) atoms. The van der Waals surface area contributed by atoms with Crippen LogP contribution in [0.1, 0.15) is 34.6 Å². The molecule has 0 aliphatic carbocycles. The number of carbonyl (C=O) groups is 3. The molecule has 1 aliphatic heterocycles. The van der Waals surface area contributed by atoms with E-state index in [9.17, 15) is 14.4 Å². The minimum atomic E-state index is -0.613. The van der Waals surface area contributed by atoms with Gasteiger partial charge in [-0.25, -0.2) is 4.79 Å². The Morgan fingerprint density at radius 2 is 1.44 bits per heavy atom. The van der Waals surface area contributed by atoms with Gasteiger partial charge in [-0.3, -0.25) is 9.59 Å². The Balaban J connectivity index is 1.76. The summed E-state index contributed by atoms with van der Waals surface area (Å²) >= 11 is 1.35. The zero-order valence-corrected chi connectivity index (χ0v) is 14.7. The molecule has 0 N–H and O–H groups in total. The molecule has 128 valence electrons. The Labute approximate surface area is 149 Å². The van der Waals surface area contributed by atoms with E-state index in [1.165, 1.54) is 11.8 Å². The van der Waals surface area contributed by atoms with Gasteiger partial charge in [-0.1, -0.05) is 49.2 Å². The number of hydrogen-bond donors (Lipinski definition) is 0. The maximum absolute atomic E-state index is 12.6. The van der Waals surface area contributed by atoms with Gasteiger partial charge >= 0.3 is 5.97 Å². The second-order valence-corrected chi connectivity index (χ2v) is 7.17. The SMILES string of the molecule is CC(C)C(Sc1ccccc1)C(=O)ON1C(=O)c2ccccc2C1=O. The first kappa shape index (κ1) is 17.2. The number of fused-ring (bicyclic) bond motifs is 1. The highest BCUT2D eigenvalue weighted by Crippen LogP contribution is 2.30. The molecule has 5 nitrogen and oxygen atoms in total. The first-order valence-electron chi connectivity index (χ1n) is 7.90. The van der Waals surface area contributed by atoms with Crippen LogP contribution in [-0.4, -0.2) is 28.1 Å². The Morgan fingerprint density at radius 1 is 0.920 bits per heavy atom. The van der Waals surface area contributed by atoms with E-state index >= 15 is 0 Å². The molecule has 0 fully saturated rings. The van der Waals surface area contributed by atoms with Gasteiger partial charge in [-0.15, -0.1) is 11.8 Å². The van der Waals surface area contributed by atoms with E-state index in [4.69, 9.17) is 4.84 Å². The maximum Gasteiger partial charge on any atom is 0.346 e. The van der Waals surface area contributed by atoms with Crippen molar-refractivity contribution in [3.8, 4) is 0 Å². The van der Waals surface area contributed by atoms with Crippen molar-refractivity contribution >= 4 is 29.5 Å². The van der Waals surface area contributed by atoms with Gasteiger partial charge in [0.1, 0.15) is 5.25 Å². The zero-order chi connectivity index (χ0) is 18.0. The van der Waals surface area contributed by atoms with Gasteiger partial charge in [0.15, 0.2) is 0 Å². The fraction of sp³-hybridized carbons (Fsp3) is 0.211. The van der Waals surface area contributed by atoms with E-state index < -0.39 is 23.0 Å². The third kappa shape index (κ3) is 3.44. The Kier molecular flexibility index (Phi) is 4.90. The van der Waals surface area contributed by atoms with E-state index in [-0.39, 0.29) is 17.0 Å². The van der Waals surface area contributed by atoms with Gasteiger partial charge in [-0.2, -0.15) is 0 Å². The normalized spacial score (nSPS) is 14.6. The second kappa shape index (κ2) is 7.11. The standard InChI is InChI=1S/C19H17NO4S/c1-12(2)16(25-13-8-4-3-5-9-13)19(23)24-20-17(21)14-10-6-7-11-15(14)18(20)22/h3-12,16H,1-2H3. The summed E-state index contributed by atoms with van der Waals surface area (Å²) < 4.78 is 0. The van der Waals surface area contributed by atoms with Crippen LogP contribution in [0.4, 0.5) is 0 Å². The van der Waals surface area contributed by atoms with Gasteiger partial charge in [0, 0.05) is 4.90 Å². The Bertz CT molecular complexity index is 784. The summed E-state index contributed by atoms with van der Waals surface area (Å²) in [4.78, 5) is 43.3. The summed E-state index contributed by atoms with van der Waals surface area (Å²) in [6, 6.07) is 15.9. The molecule has 2 aromatic rings. The van der Waals surface area contributed by atoms with Crippen LogP contribution in [0.25, 0.3) is 0 Å². The third-order valence-corrected chi connectivity index (χ3v) is 5.32. The molecule has 1 heterocycles. The molecule has 6 heteroatoms. The molecule has 0 spiro atoms. The first-order valence-corrected chi connectivity index (χ1v) is 8.78. The molecule has 0 saturated carbocycles. The largest absolute Gasteiger partial charge is 0.346 e. The average Bonchev–Trinajstić information content (AvgIpc) is 2.85. The molecule has 0 radical (unpaired) electrons. The van der Waals surface area contributed by atoms with Crippen LogP contribution < -0.4 is 0 Å².